The molecule has 1 aromatic carbocycles. The number of piperidine rings is 1. The zero-order chi connectivity index (χ0) is 23.4. The summed E-state index contributed by atoms with van der Waals surface area (Å²) in [4.78, 5) is 54.1. The molecule has 32 heavy (non-hydrogen) atoms. The number of carbonyl (C=O) groups excluding carboxylic acids is 4. The third kappa shape index (κ3) is 5.26. The van der Waals surface area contributed by atoms with Gasteiger partial charge in [0, 0.05) is 33.1 Å². The van der Waals surface area contributed by atoms with E-state index >= 15 is 0 Å². The smallest absolute Gasteiger partial charge is 0.309 e. The fraction of sp³-hybridized carbons (Fsp3) is 0.565. The van der Waals surface area contributed by atoms with Crippen LogP contribution in [0, 0.1) is 24.6 Å². The number of amides is 3. The molecule has 0 saturated carbocycles. The first-order valence-electron chi connectivity index (χ1n) is 11.0. The van der Waals surface area contributed by atoms with Gasteiger partial charge in [0.2, 0.25) is 17.7 Å². The molecule has 2 heterocycles. The number of rotatable bonds is 6. The summed E-state index contributed by atoms with van der Waals surface area (Å²) in [7, 11) is 1.53. The fourth-order valence-electron chi connectivity index (χ4n) is 4.25. The monoisotopic (exact) mass is 447 g/mol. The number of aryl methyl sites for hydroxylation is 1. The van der Waals surface area contributed by atoms with Crippen molar-refractivity contribution in [3.8, 4) is 0 Å². The molecular formula is C23H30FN3O5. The first-order valence-corrected chi connectivity index (χ1v) is 11.0. The van der Waals surface area contributed by atoms with E-state index < -0.39 is 11.7 Å². The molecular weight excluding hydrogens is 417 g/mol. The quantitative estimate of drug-likeness (QED) is 0.620. The van der Waals surface area contributed by atoms with Gasteiger partial charge >= 0.3 is 5.97 Å². The van der Waals surface area contributed by atoms with Gasteiger partial charge in [0.15, 0.2) is 0 Å². The van der Waals surface area contributed by atoms with Gasteiger partial charge < -0.3 is 19.4 Å². The van der Waals surface area contributed by atoms with Crippen LogP contribution in [0.5, 0.6) is 0 Å². The Morgan fingerprint density at radius 2 is 1.88 bits per heavy atom. The Balaban J connectivity index is 1.53. The van der Waals surface area contributed by atoms with Crippen molar-refractivity contribution >= 4 is 29.4 Å². The maximum absolute atomic E-state index is 14.3. The van der Waals surface area contributed by atoms with Crippen LogP contribution in [-0.4, -0.2) is 73.3 Å². The molecule has 8 nitrogen and oxygen atoms in total. The first-order chi connectivity index (χ1) is 15.2. The topological polar surface area (TPSA) is 87.2 Å². The third-order valence-corrected chi connectivity index (χ3v) is 6.08. The lowest BCUT2D eigenvalue weighted by atomic mass is 9.97. The molecule has 2 saturated heterocycles. The molecule has 0 aliphatic carbocycles. The maximum Gasteiger partial charge on any atom is 0.309 e. The number of esters is 1. The van der Waals surface area contributed by atoms with Crippen molar-refractivity contribution in [3.63, 3.8) is 0 Å². The highest BCUT2D eigenvalue weighted by atomic mass is 19.1. The molecule has 9 heteroatoms. The molecule has 2 aliphatic rings. The molecule has 1 aromatic rings. The van der Waals surface area contributed by atoms with Crippen LogP contribution in [0.25, 0.3) is 0 Å². The van der Waals surface area contributed by atoms with Crippen LogP contribution in [0.4, 0.5) is 10.1 Å². The number of nitrogens with zero attached hydrogens (tertiary/aromatic N) is 3. The van der Waals surface area contributed by atoms with Crippen molar-refractivity contribution in [3.05, 3.63) is 29.6 Å². The summed E-state index contributed by atoms with van der Waals surface area (Å²) in [6.45, 7) is 4.71. The van der Waals surface area contributed by atoms with E-state index in [1.165, 1.54) is 22.9 Å². The molecule has 0 spiro atoms. The number of likely N-dealkylation sites (tertiary alicyclic amines) is 1. The zero-order valence-electron chi connectivity index (χ0n) is 18.8. The summed E-state index contributed by atoms with van der Waals surface area (Å²) in [5.41, 5.74) is 0.911. The SMILES string of the molecule is CCOC(=O)C1CCN(C(=O)CN(C)C(=O)C2CC(=O)N(c3ccc(C)cc3F)C2)CC1. The molecule has 0 aromatic heterocycles. The number of anilines is 1. The van der Waals surface area contributed by atoms with Gasteiger partial charge in [-0.25, -0.2) is 4.39 Å². The number of halogens is 1. The van der Waals surface area contributed by atoms with Crippen molar-refractivity contribution in [2.75, 3.05) is 44.7 Å². The maximum atomic E-state index is 14.3. The summed E-state index contributed by atoms with van der Waals surface area (Å²) in [6, 6.07) is 4.62. The lowest BCUT2D eigenvalue weighted by Crippen LogP contribution is -2.46. The second kappa shape index (κ2) is 10.1. The molecule has 3 rings (SSSR count). The normalized spacial score (nSPS) is 19.2. The van der Waals surface area contributed by atoms with Crippen molar-refractivity contribution in [2.45, 2.75) is 33.1 Å². The highest BCUT2D eigenvalue weighted by Gasteiger charge is 2.38. The summed E-state index contributed by atoms with van der Waals surface area (Å²) >= 11 is 0. The average Bonchev–Trinajstić information content (AvgIpc) is 3.14. The van der Waals surface area contributed by atoms with Crippen molar-refractivity contribution in [2.24, 2.45) is 11.8 Å². The van der Waals surface area contributed by atoms with Crippen LogP contribution in [0.1, 0.15) is 31.7 Å². The summed E-state index contributed by atoms with van der Waals surface area (Å²) in [5.74, 6) is -2.39. The van der Waals surface area contributed by atoms with E-state index in [0.717, 1.165) is 5.56 Å². The fourth-order valence-corrected chi connectivity index (χ4v) is 4.25. The molecule has 3 amide bonds. The standard InChI is InChI=1S/C23H30FN3O5/c1-4-32-23(31)16-7-9-26(10-8-16)21(29)14-25(3)22(30)17-12-20(28)27(13-17)19-6-5-15(2)11-18(19)24/h5-6,11,16-17H,4,7-10,12-14H2,1-3H3. The van der Waals surface area contributed by atoms with Crippen molar-refractivity contribution in [1.29, 1.82) is 0 Å². The number of hydrogen-bond acceptors (Lipinski definition) is 5. The van der Waals surface area contributed by atoms with Gasteiger partial charge in [0.25, 0.3) is 0 Å². The van der Waals surface area contributed by atoms with Gasteiger partial charge in [0.1, 0.15) is 5.82 Å². The number of likely N-dealkylation sites (N-methyl/N-ethyl adjacent to an activating group) is 1. The van der Waals surface area contributed by atoms with E-state index in [2.05, 4.69) is 0 Å². The molecule has 0 N–H and O–H groups in total. The molecule has 174 valence electrons. The van der Waals surface area contributed by atoms with Crippen LogP contribution in [0.2, 0.25) is 0 Å². The lowest BCUT2D eigenvalue weighted by molar-refractivity contribution is -0.151. The van der Waals surface area contributed by atoms with E-state index in [0.29, 0.717) is 32.5 Å². The Kier molecular flexibility index (Phi) is 7.48. The van der Waals surface area contributed by atoms with E-state index in [4.69, 9.17) is 4.74 Å². The highest BCUT2D eigenvalue weighted by Crippen LogP contribution is 2.29. The number of benzene rings is 1. The molecule has 1 atom stereocenters. The average molecular weight is 448 g/mol. The largest absolute Gasteiger partial charge is 0.466 e. The van der Waals surface area contributed by atoms with Gasteiger partial charge in [-0.05, 0) is 44.4 Å². The Hall–Kier alpha value is -2.97. The minimum atomic E-state index is -0.629. The predicted octanol–water partition coefficient (Wildman–Crippen LogP) is 1.75. The molecule has 2 aliphatic heterocycles. The van der Waals surface area contributed by atoms with Crippen molar-refractivity contribution < 1.29 is 28.3 Å². The number of hydrogen-bond donors (Lipinski definition) is 0. The van der Waals surface area contributed by atoms with Gasteiger partial charge in [-0.3, -0.25) is 19.2 Å². The highest BCUT2D eigenvalue weighted by molar-refractivity contribution is 6.00. The van der Waals surface area contributed by atoms with Gasteiger partial charge in [-0.2, -0.15) is 0 Å². The first kappa shape index (κ1) is 23.7. The second-order valence-corrected chi connectivity index (χ2v) is 8.46. The van der Waals surface area contributed by atoms with Gasteiger partial charge in [-0.1, -0.05) is 6.07 Å². The molecule has 0 radical (unpaired) electrons. The van der Waals surface area contributed by atoms with E-state index in [9.17, 15) is 23.6 Å². The van der Waals surface area contributed by atoms with Gasteiger partial charge in [0.05, 0.1) is 30.7 Å². The zero-order valence-corrected chi connectivity index (χ0v) is 18.8. The van der Waals surface area contributed by atoms with Crippen LogP contribution >= 0.6 is 0 Å². The van der Waals surface area contributed by atoms with E-state index in [1.54, 1.807) is 30.9 Å². The van der Waals surface area contributed by atoms with E-state index in [1.807, 2.05) is 0 Å². The number of carbonyl (C=O) groups is 4. The third-order valence-electron chi connectivity index (χ3n) is 6.08. The van der Waals surface area contributed by atoms with E-state index in [-0.39, 0.29) is 54.8 Å². The predicted molar refractivity (Wildman–Crippen MR) is 115 cm³/mol. The number of ether oxygens (including phenoxy) is 1. The summed E-state index contributed by atoms with van der Waals surface area (Å²) in [5, 5.41) is 0. The van der Waals surface area contributed by atoms with Crippen LogP contribution in [-0.2, 0) is 23.9 Å². The van der Waals surface area contributed by atoms with Crippen LogP contribution < -0.4 is 4.90 Å². The molecule has 2 fully saturated rings. The van der Waals surface area contributed by atoms with Crippen LogP contribution in [0.15, 0.2) is 18.2 Å². The lowest BCUT2D eigenvalue weighted by Gasteiger charge is -2.32. The molecule has 1 unspecified atom stereocenters. The molecule has 0 bridgehead atoms. The van der Waals surface area contributed by atoms with Gasteiger partial charge in [-0.15, -0.1) is 0 Å². The van der Waals surface area contributed by atoms with Crippen LogP contribution in [0.3, 0.4) is 0 Å². The van der Waals surface area contributed by atoms with Crippen molar-refractivity contribution in [1.82, 2.24) is 9.80 Å². The summed E-state index contributed by atoms with van der Waals surface area (Å²) < 4.78 is 19.3. The Labute approximate surface area is 187 Å². The summed E-state index contributed by atoms with van der Waals surface area (Å²) in [6.07, 6.45) is 1.06. The minimum Gasteiger partial charge on any atom is -0.466 e. The minimum absolute atomic E-state index is 0.0182. The Bertz CT molecular complexity index is 898. The Morgan fingerprint density at radius 3 is 2.50 bits per heavy atom. The Morgan fingerprint density at radius 1 is 1.19 bits per heavy atom. The second-order valence-electron chi connectivity index (χ2n) is 8.46.